The van der Waals surface area contributed by atoms with Crippen LogP contribution in [0.5, 0.6) is 5.75 Å². The predicted molar refractivity (Wildman–Crippen MR) is 80.8 cm³/mol. The number of ether oxygens (including phenoxy) is 1. The van der Waals surface area contributed by atoms with Crippen molar-refractivity contribution in [3.63, 3.8) is 0 Å². The van der Waals surface area contributed by atoms with Gasteiger partial charge in [-0.25, -0.2) is 4.39 Å². The molecule has 0 aliphatic rings. The van der Waals surface area contributed by atoms with E-state index < -0.39 is 0 Å². The summed E-state index contributed by atoms with van der Waals surface area (Å²) in [6.45, 7) is 0.239. The van der Waals surface area contributed by atoms with Gasteiger partial charge in [-0.15, -0.1) is 0 Å². The van der Waals surface area contributed by atoms with Crippen LogP contribution in [0.15, 0.2) is 42.5 Å². The minimum Gasteiger partial charge on any atom is -0.489 e. The smallest absolute Gasteiger partial charge is 0.124 e. The maximum atomic E-state index is 13.5. The highest BCUT2D eigenvalue weighted by atomic mass is 35.5. The quantitative estimate of drug-likeness (QED) is 0.871. The van der Waals surface area contributed by atoms with Gasteiger partial charge in [0.1, 0.15) is 18.2 Å². The lowest BCUT2D eigenvalue weighted by Crippen LogP contribution is -1.97. The molecule has 0 atom stereocenters. The second-order valence-corrected chi connectivity index (χ2v) is 4.80. The molecule has 2 aromatic carbocycles. The fraction of sp³-hybridized carbons (Fsp3) is 0.176. The third-order valence-corrected chi connectivity index (χ3v) is 2.90. The summed E-state index contributed by atoms with van der Waals surface area (Å²) in [4.78, 5) is 0. The molecule has 0 fully saturated rings. The van der Waals surface area contributed by atoms with E-state index in [1.165, 1.54) is 12.1 Å². The third kappa shape index (κ3) is 5.11. The molecule has 2 aromatic rings. The van der Waals surface area contributed by atoms with E-state index in [-0.39, 0.29) is 19.0 Å². The van der Waals surface area contributed by atoms with Crippen molar-refractivity contribution in [2.75, 3.05) is 6.61 Å². The van der Waals surface area contributed by atoms with E-state index in [1.807, 2.05) is 0 Å². The number of halogens is 2. The van der Waals surface area contributed by atoms with Crippen LogP contribution in [0.1, 0.15) is 17.5 Å². The molecule has 0 radical (unpaired) electrons. The van der Waals surface area contributed by atoms with Crippen molar-refractivity contribution in [2.24, 2.45) is 0 Å². The normalized spacial score (nSPS) is 9.86. The van der Waals surface area contributed by atoms with E-state index in [1.54, 1.807) is 30.3 Å². The van der Waals surface area contributed by atoms with Crippen molar-refractivity contribution < 1.29 is 14.2 Å². The molecule has 0 aliphatic heterocycles. The van der Waals surface area contributed by atoms with Crippen LogP contribution >= 0.6 is 11.6 Å². The minimum atomic E-state index is -0.361. The highest BCUT2D eigenvalue weighted by molar-refractivity contribution is 6.30. The van der Waals surface area contributed by atoms with Gasteiger partial charge >= 0.3 is 0 Å². The van der Waals surface area contributed by atoms with E-state index in [0.717, 1.165) is 0 Å². The van der Waals surface area contributed by atoms with Gasteiger partial charge in [0.25, 0.3) is 0 Å². The molecule has 0 amide bonds. The lowest BCUT2D eigenvalue weighted by molar-refractivity contribution is 0.305. The molecule has 0 aliphatic carbocycles. The van der Waals surface area contributed by atoms with Crippen molar-refractivity contribution in [3.05, 3.63) is 64.4 Å². The zero-order valence-corrected chi connectivity index (χ0v) is 12.0. The zero-order chi connectivity index (χ0) is 15.1. The highest BCUT2D eigenvalue weighted by Crippen LogP contribution is 2.17. The van der Waals surface area contributed by atoms with Crippen LogP contribution in [-0.2, 0) is 6.61 Å². The standard InChI is InChI=1S/C17H14ClFO2/c18-15-4-6-17(7-5-15)21-12-14-9-13(3-1-2-8-20)10-16(19)11-14/h4-7,9-11,20H,2,8,12H2. The van der Waals surface area contributed by atoms with Gasteiger partial charge in [-0.05, 0) is 48.0 Å². The molecule has 0 spiro atoms. The number of hydrogen-bond donors (Lipinski definition) is 1. The fourth-order valence-electron chi connectivity index (χ4n) is 1.72. The van der Waals surface area contributed by atoms with Crippen LogP contribution in [0.25, 0.3) is 0 Å². The summed E-state index contributed by atoms with van der Waals surface area (Å²) >= 11 is 5.79. The van der Waals surface area contributed by atoms with Gasteiger partial charge in [-0.3, -0.25) is 0 Å². The molecule has 4 heteroatoms. The SMILES string of the molecule is OCCC#Cc1cc(F)cc(COc2ccc(Cl)cc2)c1. The predicted octanol–water partition coefficient (Wildman–Crippen LogP) is 3.79. The van der Waals surface area contributed by atoms with Crippen LogP contribution in [0.3, 0.4) is 0 Å². The molecule has 0 aromatic heterocycles. The molecule has 0 saturated carbocycles. The van der Waals surface area contributed by atoms with Gasteiger partial charge in [-0.2, -0.15) is 0 Å². The maximum absolute atomic E-state index is 13.5. The Balaban J connectivity index is 2.06. The molecular weight excluding hydrogens is 291 g/mol. The van der Waals surface area contributed by atoms with Crippen molar-refractivity contribution >= 4 is 11.6 Å². The Bertz CT molecular complexity index is 657. The van der Waals surface area contributed by atoms with E-state index in [2.05, 4.69) is 11.8 Å². The molecule has 0 unspecified atom stereocenters. The number of rotatable bonds is 4. The Labute approximate surface area is 128 Å². The molecule has 2 rings (SSSR count). The average Bonchev–Trinajstić information content (AvgIpc) is 2.46. The van der Waals surface area contributed by atoms with Crippen LogP contribution in [-0.4, -0.2) is 11.7 Å². The number of aliphatic hydroxyl groups excluding tert-OH is 1. The molecule has 2 nitrogen and oxygen atoms in total. The Kier molecular flexibility index (Phi) is 5.62. The molecule has 0 bridgehead atoms. The molecule has 0 heterocycles. The monoisotopic (exact) mass is 304 g/mol. The number of hydrogen-bond acceptors (Lipinski definition) is 2. The molecule has 21 heavy (non-hydrogen) atoms. The van der Waals surface area contributed by atoms with Gasteiger partial charge < -0.3 is 9.84 Å². The van der Waals surface area contributed by atoms with Crippen molar-refractivity contribution in [1.29, 1.82) is 0 Å². The third-order valence-electron chi connectivity index (χ3n) is 2.65. The van der Waals surface area contributed by atoms with Gasteiger partial charge in [0.05, 0.1) is 6.61 Å². The topological polar surface area (TPSA) is 29.5 Å². The first kappa shape index (κ1) is 15.4. The van der Waals surface area contributed by atoms with Crippen LogP contribution in [0.4, 0.5) is 4.39 Å². The van der Waals surface area contributed by atoms with Crippen molar-refractivity contribution in [1.82, 2.24) is 0 Å². The van der Waals surface area contributed by atoms with Gasteiger partial charge in [0.2, 0.25) is 0 Å². The minimum absolute atomic E-state index is 0.00511. The van der Waals surface area contributed by atoms with E-state index in [0.29, 0.717) is 28.3 Å². The average molecular weight is 305 g/mol. The molecule has 1 N–H and O–H groups in total. The first-order valence-electron chi connectivity index (χ1n) is 6.45. The lowest BCUT2D eigenvalue weighted by Gasteiger charge is -2.07. The Morgan fingerprint density at radius 2 is 1.90 bits per heavy atom. The highest BCUT2D eigenvalue weighted by Gasteiger charge is 2.01. The summed E-state index contributed by atoms with van der Waals surface area (Å²) in [5.74, 6) is 5.88. The lowest BCUT2D eigenvalue weighted by atomic mass is 10.1. The zero-order valence-electron chi connectivity index (χ0n) is 11.3. The summed E-state index contributed by atoms with van der Waals surface area (Å²) in [5, 5.41) is 9.31. The Hall–Kier alpha value is -2.02. The van der Waals surface area contributed by atoms with Crippen molar-refractivity contribution in [2.45, 2.75) is 13.0 Å². The maximum Gasteiger partial charge on any atom is 0.124 e. The molecule has 0 saturated heterocycles. The van der Waals surface area contributed by atoms with E-state index in [9.17, 15) is 4.39 Å². The van der Waals surface area contributed by atoms with E-state index in [4.69, 9.17) is 21.4 Å². The number of benzene rings is 2. The van der Waals surface area contributed by atoms with Gasteiger partial charge in [0, 0.05) is 17.0 Å². The second kappa shape index (κ2) is 7.68. The number of aliphatic hydroxyl groups is 1. The molecule has 108 valence electrons. The Morgan fingerprint density at radius 1 is 1.14 bits per heavy atom. The van der Waals surface area contributed by atoms with E-state index >= 15 is 0 Å². The fourth-order valence-corrected chi connectivity index (χ4v) is 1.85. The van der Waals surface area contributed by atoms with Gasteiger partial charge in [0.15, 0.2) is 0 Å². The van der Waals surface area contributed by atoms with Crippen LogP contribution in [0.2, 0.25) is 5.02 Å². The van der Waals surface area contributed by atoms with Crippen LogP contribution < -0.4 is 4.74 Å². The largest absolute Gasteiger partial charge is 0.489 e. The van der Waals surface area contributed by atoms with Crippen LogP contribution in [0, 0.1) is 17.7 Å². The van der Waals surface area contributed by atoms with Crippen molar-refractivity contribution in [3.8, 4) is 17.6 Å². The summed E-state index contributed by atoms with van der Waals surface area (Å²) < 4.78 is 19.1. The second-order valence-electron chi connectivity index (χ2n) is 4.37. The first-order chi connectivity index (χ1) is 10.2. The first-order valence-corrected chi connectivity index (χ1v) is 6.83. The summed E-state index contributed by atoms with van der Waals surface area (Å²) in [6, 6.07) is 11.5. The summed E-state index contributed by atoms with van der Waals surface area (Å²) in [7, 11) is 0. The van der Waals surface area contributed by atoms with Gasteiger partial charge in [-0.1, -0.05) is 23.4 Å². The molecular formula is C17H14ClFO2. The summed E-state index contributed by atoms with van der Waals surface area (Å²) in [6.07, 6.45) is 0.368. The Morgan fingerprint density at radius 3 is 2.62 bits per heavy atom. The summed E-state index contributed by atoms with van der Waals surface area (Å²) in [5.41, 5.74) is 1.26.